The number of fused-ring (bicyclic) bond motifs is 2. The molecule has 0 fully saturated rings. The molecule has 0 bridgehead atoms. The van der Waals surface area contributed by atoms with E-state index in [1.54, 1.807) is 4.90 Å². The third kappa shape index (κ3) is 2.74. The second-order valence-corrected chi connectivity index (χ2v) is 8.53. The lowest BCUT2D eigenvalue weighted by molar-refractivity contribution is -0.113. The summed E-state index contributed by atoms with van der Waals surface area (Å²) >= 11 is 4.70. The summed E-state index contributed by atoms with van der Waals surface area (Å²) < 4.78 is 2.53. The van der Waals surface area contributed by atoms with Crippen molar-refractivity contribution < 1.29 is 4.79 Å². The summed E-state index contributed by atoms with van der Waals surface area (Å²) in [6, 6.07) is 15.2. The molecule has 0 unspecified atom stereocenters. The van der Waals surface area contributed by atoms with E-state index in [2.05, 4.69) is 26.0 Å². The summed E-state index contributed by atoms with van der Waals surface area (Å²) in [5.74, 6) is 0.337. The van der Waals surface area contributed by atoms with Crippen LogP contribution in [0, 0.1) is 0 Å². The molecular weight excluding hydrogens is 452 g/mol. The molecule has 0 N–H and O–H groups in total. The van der Waals surface area contributed by atoms with Crippen molar-refractivity contribution in [1.29, 1.82) is 0 Å². The van der Waals surface area contributed by atoms with Crippen LogP contribution in [-0.4, -0.2) is 27.0 Å². The molecule has 0 radical (unpaired) electrons. The molecule has 29 heavy (non-hydrogen) atoms. The minimum atomic E-state index is -0.313. The summed E-state index contributed by atoms with van der Waals surface area (Å²) in [5, 5.41) is 4.41. The number of thiazole rings is 1. The molecule has 1 aliphatic heterocycles. The maximum atomic E-state index is 13.1. The Bertz CT molecular complexity index is 1390. The quantitative estimate of drug-likeness (QED) is 0.464. The van der Waals surface area contributed by atoms with Crippen molar-refractivity contribution in [2.75, 3.05) is 11.4 Å². The van der Waals surface area contributed by atoms with Gasteiger partial charge < -0.3 is 4.90 Å². The van der Waals surface area contributed by atoms with Gasteiger partial charge in [0.15, 0.2) is 5.82 Å². The van der Waals surface area contributed by atoms with Gasteiger partial charge in [-0.1, -0.05) is 64.5 Å². The molecule has 3 heterocycles. The molecule has 0 spiro atoms. The number of carbonyl (C=O) groups excluding carboxylic acids is 1. The highest BCUT2D eigenvalue weighted by Gasteiger charge is 2.33. The van der Waals surface area contributed by atoms with Gasteiger partial charge in [0.2, 0.25) is 4.96 Å². The molecule has 0 saturated heterocycles. The SMILES string of the molecule is CCCN1C(=O)C(=c2sc3nc(-c4ccccc4Br)nn3c2=O)c2ccccc21. The molecule has 4 aromatic rings. The highest BCUT2D eigenvalue weighted by molar-refractivity contribution is 9.10. The van der Waals surface area contributed by atoms with Gasteiger partial charge in [-0.3, -0.25) is 9.59 Å². The first kappa shape index (κ1) is 18.2. The van der Waals surface area contributed by atoms with Crippen LogP contribution in [0.3, 0.4) is 0 Å². The third-order valence-corrected chi connectivity index (χ3v) is 6.59. The summed E-state index contributed by atoms with van der Waals surface area (Å²) in [5.41, 5.74) is 2.58. The number of nitrogens with zero attached hydrogens (tertiary/aromatic N) is 4. The number of halogens is 1. The van der Waals surface area contributed by atoms with Gasteiger partial charge in [-0.05, 0) is 24.6 Å². The molecule has 1 aliphatic rings. The Hall–Kier alpha value is -2.84. The molecule has 2 aromatic heterocycles. The third-order valence-electron chi connectivity index (χ3n) is 4.87. The van der Waals surface area contributed by atoms with Crippen LogP contribution in [0.2, 0.25) is 0 Å². The fourth-order valence-corrected chi connectivity index (χ4v) is 5.05. The van der Waals surface area contributed by atoms with Crippen LogP contribution in [0.5, 0.6) is 0 Å². The Morgan fingerprint density at radius 2 is 1.76 bits per heavy atom. The lowest BCUT2D eigenvalue weighted by atomic mass is 10.1. The maximum Gasteiger partial charge on any atom is 0.291 e. The second kappa shape index (κ2) is 6.89. The van der Waals surface area contributed by atoms with Crippen molar-refractivity contribution in [3.8, 4) is 11.4 Å². The number of para-hydroxylation sites is 1. The van der Waals surface area contributed by atoms with E-state index in [9.17, 15) is 9.59 Å². The number of anilines is 1. The van der Waals surface area contributed by atoms with Crippen LogP contribution < -0.4 is 15.0 Å². The van der Waals surface area contributed by atoms with Gasteiger partial charge in [0.1, 0.15) is 4.53 Å². The van der Waals surface area contributed by atoms with E-state index in [1.165, 1.54) is 15.9 Å². The van der Waals surface area contributed by atoms with Gasteiger partial charge in [0.25, 0.3) is 11.5 Å². The first-order valence-electron chi connectivity index (χ1n) is 9.20. The van der Waals surface area contributed by atoms with Crippen molar-refractivity contribution in [2.24, 2.45) is 0 Å². The van der Waals surface area contributed by atoms with E-state index >= 15 is 0 Å². The standard InChI is InChI=1S/C21H15BrN4O2S/c1-2-11-25-15-10-6-4-8-13(15)16(19(25)27)17-20(28)26-21(29-17)23-18(24-26)12-7-3-5-9-14(12)22/h3-10H,2,11H2,1H3. The Balaban J connectivity index is 1.74. The van der Waals surface area contributed by atoms with E-state index in [0.29, 0.717) is 27.4 Å². The minimum absolute atomic E-state index is 0.138. The predicted molar refractivity (Wildman–Crippen MR) is 117 cm³/mol. The van der Waals surface area contributed by atoms with Crippen LogP contribution >= 0.6 is 27.3 Å². The predicted octanol–water partition coefficient (Wildman–Crippen LogP) is 3.26. The highest BCUT2D eigenvalue weighted by atomic mass is 79.9. The normalized spacial score (nSPS) is 15.4. The van der Waals surface area contributed by atoms with Crippen molar-refractivity contribution in [2.45, 2.75) is 13.3 Å². The monoisotopic (exact) mass is 466 g/mol. The number of carbonyl (C=O) groups is 1. The second-order valence-electron chi connectivity index (χ2n) is 6.69. The smallest absolute Gasteiger partial charge is 0.291 e. The van der Waals surface area contributed by atoms with Crippen LogP contribution in [-0.2, 0) is 4.79 Å². The minimum Gasteiger partial charge on any atom is -0.308 e. The number of hydrogen-bond donors (Lipinski definition) is 0. The highest BCUT2D eigenvalue weighted by Crippen LogP contribution is 2.35. The topological polar surface area (TPSA) is 67.6 Å². The van der Waals surface area contributed by atoms with E-state index in [-0.39, 0.29) is 11.5 Å². The Morgan fingerprint density at radius 1 is 1.03 bits per heavy atom. The fraction of sp³-hybridized carbons (Fsp3) is 0.143. The lowest BCUT2D eigenvalue weighted by Gasteiger charge is -2.15. The molecule has 2 aromatic carbocycles. The molecule has 6 nitrogen and oxygen atoms in total. The Labute approximate surface area is 178 Å². The number of benzene rings is 2. The van der Waals surface area contributed by atoms with E-state index < -0.39 is 0 Å². The first-order valence-corrected chi connectivity index (χ1v) is 10.8. The van der Waals surface area contributed by atoms with E-state index in [1.807, 2.05) is 55.5 Å². The first-order chi connectivity index (χ1) is 14.1. The average molecular weight is 467 g/mol. The van der Waals surface area contributed by atoms with E-state index in [0.717, 1.165) is 27.7 Å². The average Bonchev–Trinajstić information content (AvgIpc) is 3.35. The molecule has 5 rings (SSSR count). The zero-order chi connectivity index (χ0) is 20.1. The zero-order valence-electron chi connectivity index (χ0n) is 15.4. The summed E-state index contributed by atoms with van der Waals surface area (Å²) in [6.45, 7) is 2.64. The number of hydrogen-bond acceptors (Lipinski definition) is 5. The Morgan fingerprint density at radius 3 is 2.48 bits per heavy atom. The molecule has 0 aliphatic carbocycles. The van der Waals surface area contributed by atoms with Crippen LogP contribution in [0.25, 0.3) is 21.9 Å². The molecule has 144 valence electrons. The van der Waals surface area contributed by atoms with Gasteiger partial charge in [0.05, 0.1) is 11.3 Å². The maximum absolute atomic E-state index is 13.1. The van der Waals surface area contributed by atoms with Crippen LogP contribution in [0.15, 0.2) is 57.8 Å². The number of rotatable bonds is 3. The fourth-order valence-electron chi connectivity index (χ4n) is 3.59. The zero-order valence-corrected chi connectivity index (χ0v) is 17.8. The van der Waals surface area contributed by atoms with Crippen molar-refractivity contribution >= 4 is 49.4 Å². The molecule has 1 amide bonds. The van der Waals surface area contributed by atoms with Gasteiger partial charge in [-0.25, -0.2) is 0 Å². The van der Waals surface area contributed by atoms with Gasteiger partial charge >= 0.3 is 0 Å². The van der Waals surface area contributed by atoms with Crippen LogP contribution in [0.1, 0.15) is 18.9 Å². The van der Waals surface area contributed by atoms with E-state index in [4.69, 9.17) is 0 Å². The number of amides is 1. The number of aromatic nitrogens is 3. The summed E-state index contributed by atoms with van der Waals surface area (Å²) in [4.78, 5) is 33.0. The molecular formula is C21H15BrN4O2S. The van der Waals surface area contributed by atoms with Crippen LogP contribution in [0.4, 0.5) is 5.69 Å². The van der Waals surface area contributed by atoms with Crippen molar-refractivity contribution in [1.82, 2.24) is 14.6 Å². The van der Waals surface area contributed by atoms with Gasteiger partial charge in [0, 0.05) is 22.1 Å². The Kier molecular flexibility index (Phi) is 4.33. The largest absolute Gasteiger partial charge is 0.308 e. The van der Waals surface area contributed by atoms with Crippen molar-refractivity contribution in [3.63, 3.8) is 0 Å². The summed E-state index contributed by atoms with van der Waals surface area (Å²) in [7, 11) is 0. The van der Waals surface area contributed by atoms with Gasteiger partial charge in [-0.2, -0.15) is 9.50 Å². The summed E-state index contributed by atoms with van der Waals surface area (Å²) in [6.07, 6.45) is 0.836. The van der Waals surface area contributed by atoms with Crippen molar-refractivity contribution in [3.05, 3.63) is 73.5 Å². The molecule has 0 saturated carbocycles. The molecule has 0 atom stereocenters. The van der Waals surface area contributed by atoms with Gasteiger partial charge in [-0.15, -0.1) is 5.10 Å². The lowest BCUT2D eigenvalue weighted by Crippen LogP contribution is -2.32. The molecule has 8 heteroatoms.